The van der Waals surface area contributed by atoms with Crippen molar-refractivity contribution in [1.29, 1.82) is 0 Å². The molecule has 0 spiro atoms. The number of halogens is 2. The van der Waals surface area contributed by atoms with Gasteiger partial charge in [-0.3, -0.25) is 0 Å². The average Bonchev–Trinajstić information content (AvgIpc) is 3.00. The third-order valence-electron chi connectivity index (χ3n) is 5.76. The van der Waals surface area contributed by atoms with Gasteiger partial charge >= 0.3 is 162 Å². The van der Waals surface area contributed by atoms with Crippen LogP contribution in [0, 0.1) is 0 Å². The van der Waals surface area contributed by atoms with Crippen LogP contribution in [0.1, 0.15) is 56.2 Å². The van der Waals surface area contributed by atoms with Crippen molar-refractivity contribution in [3.8, 4) is 0 Å². The summed E-state index contributed by atoms with van der Waals surface area (Å²) in [5.74, 6) is 0.745. The molecule has 1 nitrogen and oxygen atoms in total. The van der Waals surface area contributed by atoms with Crippen molar-refractivity contribution in [1.82, 2.24) is 4.98 Å². The number of hydrogen-bond acceptors (Lipinski definition) is 0. The molecule has 1 fully saturated rings. The van der Waals surface area contributed by atoms with Crippen LogP contribution in [0.15, 0.2) is 54.1 Å². The van der Waals surface area contributed by atoms with Crippen molar-refractivity contribution in [3.05, 3.63) is 70.8 Å². The second-order valence-electron chi connectivity index (χ2n) is 8.37. The summed E-state index contributed by atoms with van der Waals surface area (Å²) < 4.78 is 3.33. The Balaban J connectivity index is 0.00000105. The fourth-order valence-corrected chi connectivity index (χ4v) is 9.24. The molecule has 2 aliphatic carbocycles. The summed E-state index contributed by atoms with van der Waals surface area (Å²) in [6.07, 6.45) is 2.68. The van der Waals surface area contributed by atoms with E-state index >= 15 is 0 Å². The van der Waals surface area contributed by atoms with Gasteiger partial charge in [-0.25, -0.2) is 0 Å². The Kier molecular flexibility index (Phi) is 5.84. The van der Waals surface area contributed by atoms with Crippen molar-refractivity contribution in [2.75, 3.05) is 0 Å². The van der Waals surface area contributed by atoms with E-state index in [9.17, 15) is 0 Å². The van der Waals surface area contributed by atoms with Gasteiger partial charge < -0.3 is 24.8 Å². The number of benzene rings is 2. The maximum Gasteiger partial charge on any atom is -1.00 e. The minimum atomic E-state index is -0.862. The average molecular weight is 476 g/mol. The molecule has 0 bridgehead atoms. The number of hydrogen-bond donors (Lipinski definition) is 1. The normalized spacial score (nSPS) is 17.4. The Morgan fingerprint density at radius 3 is 2.37 bits per heavy atom. The molecule has 1 unspecified atom stereocenters. The number of para-hydroxylation sites is 1. The van der Waals surface area contributed by atoms with Crippen molar-refractivity contribution < 1.29 is 48.0 Å². The second kappa shape index (κ2) is 7.54. The fraction of sp³-hybridized carbons (Fsp3) is 0.304. The summed E-state index contributed by atoms with van der Waals surface area (Å²) in [7, 11) is 0. The largest absolute Gasteiger partial charge is 1.00 e. The third kappa shape index (κ3) is 3.29. The minimum absolute atomic E-state index is 0. The van der Waals surface area contributed by atoms with Gasteiger partial charge in [0, 0.05) is 0 Å². The first-order valence-electron chi connectivity index (χ1n) is 9.24. The summed E-state index contributed by atoms with van der Waals surface area (Å²) in [4.78, 5) is 3.83. The van der Waals surface area contributed by atoms with Crippen LogP contribution in [-0.2, 0) is 28.6 Å². The van der Waals surface area contributed by atoms with Gasteiger partial charge in [0.15, 0.2) is 0 Å². The van der Waals surface area contributed by atoms with Gasteiger partial charge in [-0.05, 0) is 0 Å². The molecule has 2 aliphatic rings. The molecular weight excluding hydrogens is 452 g/mol. The molecule has 0 amide bonds. The molecule has 4 heteroatoms. The van der Waals surface area contributed by atoms with Crippen LogP contribution in [-0.4, -0.2) is 4.98 Å². The first-order valence-corrected chi connectivity index (χ1v) is 11.7. The molecule has 0 saturated heterocycles. The van der Waals surface area contributed by atoms with Crippen LogP contribution < -0.4 is 28.2 Å². The number of rotatable bonds is 2. The Morgan fingerprint density at radius 2 is 1.67 bits per heavy atom. The molecule has 1 N–H and O–H groups in total. The summed E-state index contributed by atoms with van der Waals surface area (Å²) in [6.45, 7) is 7.08. The van der Waals surface area contributed by atoms with E-state index in [0.717, 1.165) is 5.92 Å². The van der Waals surface area contributed by atoms with E-state index in [1.807, 2.05) is 0 Å². The van der Waals surface area contributed by atoms with Crippen LogP contribution in [0.2, 0.25) is 0 Å². The standard InChI is InChI=1S/C12H14N.C11H9.2ClH.Zr/c1-12(2,3)10-8-13-11-7-5-4-6-9(10)11;1-2-4-10-8(3-1)7-9-5-6-11(9)10;;;/h4-7,13H,1-3H3;1-4,11H,5-6H2;2*1H;/q;;;;+2/p-2. The van der Waals surface area contributed by atoms with Gasteiger partial charge in [0.05, 0.1) is 0 Å². The number of fused-ring (bicyclic) bond motifs is 4. The van der Waals surface area contributed by atoms with Gasteiger partial charge in [-0.15, -0.1) is 0 Å². The Morgan fingerprint density at radius 1 is 0.963 bits per heavy atom. The van der Waals surface area contributed by atoms with Crippen molar-refractivity contribution in [2.24, 2.45) is 0 Å². The summed E-state index contributed by atoms with van der Waals surface area (Å²) in [6, 6.07) is 18.0. The van der Waals surface area contributed by atoms with Gasteiger partial charge in [0.1, 0.15) is 0 Å². The molecule has 1 aromatic heterocycles. The first-order chi connectivity index (χ1) is 12.0. The van der Waals surface area contributed by atoms with Gasteiger partial charge in [0.25, 0.3) is 0 Å². The Bertz CT molecular complexity index is 1030. The maximum atomic E-state index is 3.83. The molecule has 0 aliphatic heterocycles. The van der Waals surface area contributed by atoms with Crippen LogP contribution in [0.5, 0.6) is 0 Å². The summed E-state index contributed by atoms with van der Waals surface area (Å²) in [5, 5.41) is 1.42. The SMILES string of the molecule is CC(C)(C)c1[c]([Zr+2][C]2=C3CCC3c3ccccc32)[nH]c2ccccc12.[Cl-].[Cl-]. The van der Waals surface area contributed by atoms with Crippen LogP contribution in [0.4, 0.5) is 0 Å². The van der Waals surface area contributed by atoms with Crippen molar-refractivity contribution in [3.63, 3.8) is 0 Å². The van der Waals surface area contributed by atoms with E-state index in [2.05, 4.69) is 74.3 Å². The van der Waals surface area contributed by atoms with E-state index in [-0.39, 0.29) is 30.2 Å². The Hall–Kier alpha value is -0.817. The molecule has 2 aromatic carbocycles. The molecule has 27 heavy (non-hydrogen) atoms. The van der Waals surface area contributed by atoms with Crippen LogP contribution in [0.3, 0.4) is 0 Å². The number of nitrogens with one attached hydrogen (secondary N) is 1. The zero-order valence-electron chi connectivity index (χ0n) is 15.9. The molecule has 138 valence electrons. The van der Waals surface area contributed by atoms with Gasteiger partial charge in [0.2, 0.25) is 0 Å². The molecule has 1 heterocycles. The zero-order valence-corrected chi connectivity index (χ0v) is 19.8. The minimum Gasteiger partial charge on any atom is -1.00 e. The van der Waals surface area contributed by atoms with Gasteiger partial charge in [-0.2, -0.15) is 0 Å². The molecule has 5 rings (SSSR count). The summed E-state index contributed by atoms with van der Waals surface area (Å²) in [5.41, 5.74) is 8.00. The molecule has 1 atom stereocenters. The van der Waals surface area contributed by atoms with E-state index in [1.165, 1.54) is 23.7 Å². The molecule has 1 saturated carbocycles. The summed E-state index contributed by atoms with van der Waals surface area (Å²) >= 11 is -0.862. The quantitative estimate of drug-likeness (QED) is 0.514. The zero-order chi connectivity index (χ0) is 17.2. The third-order valence-corrected chi connectivity index (χ3v) is 9.36. The van der Waals surface area contributed by atoms with Crippen molar-refractivity contribution >= 4 is 17.6 Å². The van der Waals surface area contributed by atoms with Crippen LogP contribution in [0.25, 0.3) is 14.2 Å². The second-order valence-corrected chi connectivity index (χ2v) is 11.4. The predicted octanol–water partition coefficient (Wildman–Crippen LogP) is -0.516. The Labute approximate surface area is 185 Å². The van der Waals surface area contributed by atoms with E-state index in [4.69, 9.17) is 0 Å². The monoisotopic (exact) mass is 473 g/mol. The first kappa shape index (κ1) is 20.9. The van der Waals surface area contributed by atoms with Gasteiger partial charge in [-0.1, -0.05) is 0 Å². The van der Waals surface area contributed by atoms with Crippen molar-refractivity contribution in [2.45, 2.75) is 44.9 Å². The molecular formula is C23H23Cl2NZr. The van der Waals surface area contributed by atoms with E-state index in [1.54, 1.807) is 28.9 Å². The number of allylic oxidation sites excluding steroid dienone is 1. The fourth-order valence-electron chi connectivity index (χ4n) is 4.56. The smallest absolute Gasteiger partial charge is 1.00 e. The number of aromatic amines is 1. The predicted molar refractivity (Wildman–Crippen MR) is 102 cm³/mol. The maximum absolute atomic E-state index is 3.83. The number of aromatic nitrogens is 1. The number of H-pyrrole nitrogens is 1. The molecule has 0 radical (unpaired) electrons. The van der Waals surface area contributed by atoms with Crippen LogP contribution >= 0.6 is 0 Å². The van der Waals surface area contributed by atoms with E-state index < -0.39 is 23.2 Å². The topological polar surface area (TPSA) is 15.8 Å². The molecule has 3 aromatic rings. The van der Waals surface area contributed by atoms with E-state index in [0.29, 0.717) is 0 Å².